The zero-order valence-corrected chi connectivity index (χ0v) is 18.4. The highest BCUT2D eigenvalue weighted by Gasteiger charge is 2.24. The maximum atomic E-state index is 12.4. The first kappa shape index (κ1) is 21.5. The molecule has 0 unspecified atom stereocenters. The van der Waals surface area contributed by atoms with Crippen molar-refractivity contribution in [1.29, 1.82) is 0 Å². The van der Waals surface area contributed by atoms with Crippen LogP contribution in [0.5, 0.6) is 17.2 Å². The molecule has 0 atom stereocenters. The van der Waals surface area contributed by atoms with Crippen LogP contribution in [0.1, 0.15) is 16.7 Å². The molecular weight excluding hydrogens is 428 g/mol. The number of hydrogen-bond donors (Lipinski definition) is 0. The monoisotopic (exact) mass is 448 g/mol. The highest BCUT2D eigenvalue weighted by Crippen LogP contribution is 2.35. The number of methoxy groups -OCH3 is 2. The lowest BCUT2D eigenvalue weighted by Gasteiger charge is -2.10. The number of benzene rings is 3. The average Bonchev–Trinajstić information content (AvgIpc) is 3.19. The Kier molecular flexibility index (Phi) is 6.47. The number of ether oxygens (including phenoxy) is 4. The van der Waals surface area contributed by atoms with Crippen molar-refractivity contribution in [3.05, 3.63) is 100 Å². The first-order valence-corrected chi connectivity index (χ1v) is 10.3. The highest BCUT2D eigenvalue weighted by molar-refractivity contribution is 6.31. The van der Waals surface area contributed by atoms with E-state index in [2.05, 4.69) is 0 Å². The minimum atomic E-state index is -0.427. The summed E-state index contributed by atoms with van der Waals surface area (Å²) in [5, 5.41) is 0.670. The van der Waals surface area contributed by atoms with Crippen LogP contribution < -0.4 is 14.2 Å². The summed E-state index contributed by atoms with van der Waals surface area (Å²) < 4.78 is 21.9. The quantitative estimate of drug-likeness (QED) is 0.332. The summed E-state index contributed by atoms with van der Waals surface area (Å²) in [4.78, 5) is 12.4. The van der Waals surface area contributed by atoms with Crippen LogP contribution >= 0.6 is 11.6 Å². The third kappa shape index (κ3) is 4.79. The van der Waals surface area contributed by atoms with Crippen LogP contribution in [-0.2, 0) is 16.1 Å². The zero-order chi connectivity index (χ0) is 22.5. The van der Waals surface area contributed by atoms with E-state index in [-0.39, 0.29) is 0 Å². The van der Waals surface area contributed by atoms with Crippen molar-refractivity contribution in [3.63, 3.8) is 0 Å². The molecule has 5 nitrogen and oxygen atoms in total. The number of cyclic esters (lactones) is 1. The summed E-state index contributed by atoms with van der Waals surface area (Å²) in [5.41, 5.74) is 2.85. The fraction of sp³-hybridized carbons (Fsp3) is 0.115. The van der Waals surface area contributed by atoms with Gasteiger partial charge in [0.2, 0.25) is 0 Å². The van der Waals surface area contributed by atoms with E-state index >= 15 is 0 Å². The van der Waals surface area contributed by atoms with Crippen LogP contribution in [0.3, 0.4) is 0 Å². The van der Waals surface area contributed by atoms with E-state index in [1.807, 2.05) is 48.5 Å². The fourth-order valence-corrected chi connectivity index (χ4v) is 3.44. The number of esters is 1. The van der Waals surface area contributed by atoms with Gasteiger partial charge in [-0.3, -0.25) is 0 Å². The second kappa shape index (κ2) is 9.62. The summed E-state index contributed by atoms with van der Waals surface area (Å²) in [6.07, 6.45) is 3.46. The maximum absolute atomic E-state index is 12.4. The molecule has 0 fully saturated rings. The molecule has 0 amide bonds. The lowest BCUT2D eigenvalue weighted by atomic mass is 10.1. The molecule has 0 bridgehead atoms. The van der Waals surface area contributed by atoms with E-state index in [0.717, 1.165) is 11.1 Å². The molecule has 4 rings (SSSR count). The first-order chi connectivity index (χ1) is 15.6. The zero-order valence-electron chi connectivity index (χ0n) is 17.6. The van der Waals surface area contributed by atoms with Crippen LogP contribution in [0, 0.1) is 0 Å². The van der Waals surface area contributed by atoms with Gasteiger partial charge >= 0.3 is 5.97 Å². The third-order valence-electron chi connectivity index (χ3n) is 4.95. The largest absolute Gasteiger partial charge is 0.497 e. The fourth-order valence-electron chi connectivity index (χ4n) is 3.24. The molecule has 162 valence electrons. The molecule has 1 aliphatic rings. The van der Waals surface area contributed by atoms with Crippen LogP contribution in [0.2, 0.25) is 5.02 Å². The van der Waals surface area contributed by atoms with Crippen molar-refractivity contribution in [1.82, 2.24) is 0 Å². The molecular formula is C26H21ClO5. The van der Waals surface area contributed by atoms with Crippen molar-refractivity contribution in [2.24, 2.45) is 0 Å². The number of hydrogen-bond acceptors (Lipinski definition) is 5. The first-order valence-electron chi connectivity index (χ1n) is 9.91. The van der Waals surface area contributed by atoms with Crippen molar-refractivity contribution in [3.8, 4) is 17.2 Å². The minimum absolute atomic E-state index is 0.376. The van der Waals surface area contributed by atoms with E-state index < -0.39 is 5.97 Å². The van der Waals surface area contributed by atoms with Gasteiger partial charge in [0.25, 0.3) is 0 Å². The van der Waals surface area contributed by atoms with Crippen LogP contribution in [0.15, 0.2) is 78.4 Å². The van der Waals surface area contributed by atoms with Crippen LogP contribution in [0.25, 0.3) is 11.8 Å². The Morgan fingerprint density at radius 2 is 1.69 bits per heavy atom. The summed E-state index contributed by atoms with van der Waals surface area (Å²) in [7, 11) is 3.14. The highest BCUT2D eigenvalue weighted by atomic mass is 35.5. The lowest BCUT2D eigenvalue weighted by molar-refractivity contribution is -0.130. The lowest BCUT2D eigenvalue weighted by Crippen LogP contribution is -1.99. The maximum Gasteiger partial charge on any atom is 0.343 e. The average molecular weight is 449 g/mol. The molecule has 0 aromatic heterocycles. The third-order valence-corrected chi connectivity index (χ3v) is 5.32. The molecule has 1 aliphatic heterocycles. The van der Waals surface area contributed by atoms with E-state index in [1.54, 1.807) is 44.6 Å². The van der Waals surface area contributed by atoms with Crippen molar-refractivity contribution >= 4 is 29.4 Å². The standard InChI is InChI=1S/C26H21ClO5/c1-29-21-11-12-24(30-2)22(15-21)25-14-19(26(28)32-25)13-17-7-9-20(10-8-17)31-16-18-5-3-4-6-23(18)27/h3-15H,16H2,1-2H3/b19-13-. The molecule has 0 spiro atoms. The van der Waals surface area contributed by atoms with Crippen LogP contribution in [-0.4, -0.2) is 20.2 Å². The van der Waals surface area contributed by atoms with Gasteiger partial charge in [-0.05, 0) is 54.1 Å². The SMILES string of the molecule is COc1ccc(OC)c(C2=C/C(=C/c3ccc(OCc4ccccc4Cl)cc3)C(=O)O2)c1. The Morgan fingerprint density at radius 1 is 0.938 bits per heavy atom. The van der Waals surface area contributed by atoms with E-state index in [4.69, 9.17) is 30.5 Å². The topological polar surface area (TPSA) is 54.0 Å². The Morgan fingerprint density at radius 3 is 2.41 bits per heavy atom. The molecule has 3 aromatic rings. The minimum Gasteiger partial charge on any atom is -0.497 e. The van der Waals surface area contributed by atoms with E-state index in [9.17, 15) is 4.79 Å². The molecule has 6 heteroatoms. The Bertz CT molecular complexity index is 1200. The predicted molar refractivity (Wildman–Crippen MR) is 124 cm³/mol. The van der Waals surface area contributed by atoms with Gasteiger partial charge in [-0.15, -0.1) is 0 Å². The number of carbonyl (C=O) groups excluding carboxylic acids is 1. The molecule has 0 saturated carbocycles. The molecule has 0 aliphatic carbocycles. The van der Waals surface area contributed by atoms with Crippen LogP contribution in [0.4, 0.5) is 0 Å². The van der Waals surface area contributed by atoms with Crippen molar-refractivity contribution in [2.75, 3.05) is 14.2 Å². The number of halogens is 1. The van der Waals surface area contributed by atoms with Gasteiger partial charge in [-0.1, -0.05) is 41.9 Å². The molecule has 0 N–H and O–H groups in total. The van der Waals surface area contributed by atoms with Gasteiger partial charge in [0.15, 0.2) is 0 Å². The Labute approximate surface area is 191 Å². The van der Waals surface area contributed by atoms with Gasteiger partial charge in [0, 0.05) is 10.6 Å². The summed E-state index contributed by atoms with van der Waals surface area (Å²) in [6.45, 7) is 0.376. The number of rotatable bonds is 7. The van der Waals surface area contributed by atoms with Crippen molar-refractivity contribution < 1.29 is 23.7 Å². The van der Waals surface area contributed by atoms with Gasteiger partial charge in [0.05, 0.1) is 25.4 Å². The Hall–Kier alpha value is -3.70. The second-order valence-corrected chi connectivity index (χ2v) is 7.42. The molecule has 32 heavy (non-hydrogen) atoms. The van der Waals surface area contributed by atoms with Crippen molar-refractivity contribution in [2.45, 2.75) is 6.61 Å². The normalized spacial score (nSPS) is 14.2. The van der Waals surface area contributed by atoms with Gasteiger partial charge in [-0.2, -0.15) is 0 Å². The predicted octanol–water partition coefficient (Wildman–Crippen LogP) is 5.92. The smallest absolute Gasteiger partial charge is 0.343 e. The van der Waals surface area contributed by atoms with Gasteiger partial charge < -0.3 is 18.9 Å². The second-order valence-electron chi connectivity index (χ2n) is 7.01. The van der Waals surface area contributed by atoms with E-state index in [1.165, 1.54) is 0 Å². The molecule has 0 radical (unpaired) electrons. The van der Waals surface area contributed by atoms with E-state index in [0.29, 0.717) is 45.8 Å². The summed E-state index contributed by atoms with van der Waals surface area (Å²) >= 11 is 6.16. The Balaban J connectivity index is 1.51. The van der Waals surface area contributed by atoms with Gasteiger partial charge in [0.1, 0.15) is 29.6 Å². The molecule has 1 heterocycles. The number of carbonyl (C=O) groups is 1. The molecule has 3 aromatic carbocycles. The summed E-state index contributed by atoms with van der Waals surface area (Å²) in [6, 6.07) is 20.3. The molecule has 0 saturated heterocycles. The van der Waals surface area contributed by atoms with Gasteiger partial charge in [-0.25, -0.2) is 4.79 Å². The summed E-state index contributed by atoms with van der Waals surface area (Å²) in [5.74, 6) is 1.92.